The van der Waals surface area contributed by atoms with Crippen LogP contribution in [-0.4, -0.2) is 47.4 Å². The van der Waals surface area contributed by atoms with Crippen molar-refractivity contribution in [2.45, 2.75) is 270 Å². The minimum Gasteiger partial charge on any atom is -0.466 e. The molecule has 0 aromatic carbocycles. The zero-order valence-electron chi connectivity index (χ0n) is 37.4. The lowest BCUT2D eigenvalue weighted by Gasteiger charge is -2.22. The third-order valence-electron chi connectivity index (χ3n) is 11.2. The van der Waals surface area contributed by atoms with Crippen molar-refractivity contribution < 1.29 is 24.5 Å². The average molecular weight is 790 g/mol. The van der Waals surface area contributed by atoms with Crippen molar-refractivity contribution in [2.75, 3.05) is 13.2 Å². The number of allylic oxidation sites excluding steroid dienone is 4. The Hall–Kier alpha value is -1.66. The summed E-state index contributed by atoms with van der Waals surface area (Å²) in [5, 5.41) is 23.0. The summed E-state index contributed by atoms with van der Waals surface area (Å²) in [5.74, 6) is -0.0543. The number of amides is 1. The van der Waals surface area contributed by atoms with Crippen molar-refractivity contribution in [1.29, 1.82) is 0 Å². The first-order valence-electron chi connectivity index (χ1n) is 24.6. The fourth-order valence-corrected chi connectivity index (χ4v) is 7.44. The molecule has 0 aromatic rings. The molecule has 0 saturated carbocycles. The first kappa shape index (κ1) is 54.3. The first-order valence-corrected chi connectivity index (χ1v) is 24.6. The zero-order valence-corrected chi connectivity index (χ0v) is 37.4. The largest absolute Gasteiger partial charge is 0.466 e. The molecular formula is C50H95NO5. The Bertz CT molecular complexity index is 874. The smallest absolute Gasteiger partial charge is 0.305 e. The molecule has 330 valence electrons. The maximum absolute atomic E-state index is 12.4. The predicted octanol–water partition coefficient (Wildman–Crippen LogP) is 14.3. The van der Waals surface area contributed by atoms with Gasteiger partial charge in [-0.15, -0.1) is 0 Å². The van der Waals surface area contributed by atoms with E-state index in [1.54, 1.807) is 0 Å². The molecule has 56 heavy (non-hydrogen) atoms. The van der Waals surface area contributed by atoms with Crippen molar-refractivity contribution in [1.82, 2.24) is 5.32 Å². The van der Waals surface area contributed by atoms with Crippen LogP contribution in [0.3, 0.4) is 0 Å². The van der Waals surface area contributed by atoms with E-state index in [1.165, 1.54) is 173 Å². The number of ether oxygens (including phenoxy) is 1. The molecule has 0 radical (unpaired) electrons. The number of hydrogen-bond donors (Lipinski definition) is 3. The van der Waals surface area contributed by atoms with Gasteiger partial charge in [-0.2, -0.15) is 0 Å². The third kappa shape index (κ3) is 42.0. The number of nitrogens with one attached hydrogen (secondary N) is 1. The second kappa shape index (κ2) is 46.0. The lowest BCUT2D eigenvalue weighted by atomic mass is 10.0. The van der Waals surface area contributed by atoms with Gasteiger partial charge >= 0.3 is 5.97 Å². The van der Waals surface area contributed by atoms with Crippen LogP contribution >= 0.6 is 0 Å². The van der Waals surface area contributed by atoms with Crippen LogP contribution in [0, 0.1) is 0 Å². The highest BCUT2D eigenvalue weighted by atomic mass is 16.5. The lowest BCUT2D eigenvalue weighted by molar-refractivity contribution is -0.143. The summed E-state index contributed by atoms with van der Waals surface area (Å²) in [6, 6.07) is -0.543. The second-order valence-electron chi connectivity index (χ2n) is 16.8. The van der Waals surface area contributed by atoms with Crippen LogP contribution in [-0.2, 0) is 14.3 Å². The molecule has 6 nitrogen and oxygen atoms in total. The second-order valence-corrected chi connectivity index (χ2v) is 16.8. The van der Waals surface area contributed by atoms with Crippen molar-refractivity contribution in [3.8, 4) is 0 Å². The number of carbonyl (C=O) groups excluding carboxylic acids is 2. The number of aliphatic hydroxyl groups is 2. The first-order chi connectivity index (χ1) is 27.5. The predicted molar refractivity (Wildman–Crippen MR) is 241 cm³/mol. The Morgan fingerprint density at radius 3 is 1.43 bits per heavy atom. The molecular weight excluding hydrogens is 695 g/mol. The summed E-state index contributed by atoms with van der Waals surface area (Å²) >= 11 is 0. The van der Waals surface area contributed by atoms with Crippen molar-refractivity contribution in [3.05, 3.63) is 24.3 Å². The van der Waals surface area contributed by atoms with Gasteiger partial charge in [0.25, 0.3) is 0 Å². The zero-order chi connectivity index (χ0) is 40.8. The van der Waals surface area contributed by atoms with Crippen LogP contribution in [0.1, 0.15) is 258 Å². The monoisotopic (exact) mass is 790 g/mol. The van der Waals surface area contributed by atoms with Gasteiger partial charge in [-0.05, 0) is 51.4 Å². The third-order valence-corrected chi connectivity index (χ3v) is 11.2. The number of carbonyl (C=O) groups is 2. The van der Waals surface area contributed by atoms with E-state index in [2.05, 4.69) is 43.5 Å². The molecule has 1 amide bonds. The molecule has 2 atom stereocenters. The van der Waals surface area contributed by atoms with Gasteiger partial charge in [0.1, 0.15) is 0 Å². The SMILES string of the molecule is CCC/C=C\C/C=C\CCCCCCCC(=O)OCCCCCCCCCCCCCCCCCCCC(=O)NC(CO)C(O)CCCCCCCCCCC. The molecule has 0 rings (SSSR count). The molecule has 2 unspecified atom stereocenters. The Morgan fingerprint density at radius 1 is 0.500 bits per heavy atom. The highest BCUT2D eigenvalue weighted by Crippen LogP contribution is 2.16. The van der Waals surface area contributed by atoms with Gasteiger partial charge in [0.05, 0.1) is 25.4 Å². The maximum atomic E-state index is 12.4. The molecule has 0 heterocycles. The van der Waals surface area contributed by atoms with Crippen molar-refractivity contribution in [2.24, 2.45) is 0 Å². The Kier molecular flexibility index (Phi) is 44.7. The Balaban J connectivity index is 3.40. The van der Waals surface area contributed by atoms with Gasteiger partial charge in [-0.25, -0.2) is 0 Å². The Morgan fingerprint density at radius 2 is 0.929 bits per heavy atom. The van der Waals surface area contributed by atoms with Crippen LogP contribution < -0.4 is 5.32 Å². The topological polar surface area (TPSA) is 95.9 Å². The highest BCUT2D eigenvalue weighted by Gasteiger charge is 2.20. The minimum atomic E-state index is -0.665. The van der Waals surface area contributed by atoms with Gasteiger partial charge in [0.15, 0.2) is 0 Å². The minimum absolute atomic E-state index is 0.0106. The van der Waals surface area contributed by atoms with Crippen LogP contribution in [0.2, 0.25) is 0 Å². The van der Waals surface area contributed by atoms with Gasteiger partial charge in [0.2, 0.25) is 5.91 Å². The number of rotatable bonds is 45. The maximum Gasteiger partial charge on any atom is 0.305 e. The fourth-order valence-electron chi connectivity index (χ4n) is 7.44. The molecule has 0 fully saturated rings. The summed E-state index contributed by atoms with van der Waals surface area (Å²) in [6.07, 6.45) is 52.9. The standard InChI is InChI=1S/C50H95NO5/c1-3-5-7-9-11-13-14-20-24-28-32-36-40-44-50(55)56-45-41-37-33-29-25-22-19-17-15-16-18-21-23-27-31-35-39-43-49(54)51-47(46-52)48(53)42-38-34-30-26-12-10-8-6-4-2/h7,9,13-14,47-48,52-53H,3-6,8,10-12,15-46H2,1-2H3,(H,51,54)/b9-7-,14-13-. The van der Waals surface area contributed by atoms with Gasteiger partial charge < -0.3 is 20.3 Å². The van der Waals surface area contributed by atoms with E-state index < -0.39 is 12.1 Å². The number of hydrogen-bond acceptors (Lipinski definition) is 5. The molecule has 0 aliphatic rings. The lowest BCUT2D eigenvalue weighted by Crippen LogP contribution is -2.45. The van der Waals surface area contributed by atoms with E-state index in [4.69, 9.17) is 4.74 Å². The average Bonchev–Trinajstić information content (AvgIpc) is 3.20. The van der Waals surface area contributed by atoms with E-state index in [0.29, 0.717) is 25.9 Å². The summed E-state index contributed by atoms with van der Waals surface area (Å²) in [7, 11) is 0. The fraction of sp³-hybridized carbons (Fsp3) is 0.880. The molecule has 6 heteroatoms. The van der Waals surface area contributed by atoms with E-state index in [0.717, 1.165) is 51.4 Å². The van der Waals surface area contributed by atoms with E-state index in [1.807, 2.05) is 0 Å². The normalized spacial score (nSPS) is 12.9. The van der Waals surface area contributed by atoms with E-state index in [-0.39, 0.29) is 18.5 Å². The molecule has 3 N–H and O–H groups in total. The van der Waals surface area contributed by atoms with Gasteiger partial charge in [0, 0.05) is 12.8 Å². The van der Waals surface area contributed by atoms with E-state index in [9.17, 15) is 19.8 Å². The summed E-state index contributed by atoms with van der Waals surface area (Å²) in [6.45, 7) is 4.84. The molecule has 0 bridgehead atoms. The van der Waals surface area contributed by atoms with Crippen LogP contribution in [0.5, 0.6) is 0 Å². The molecule has 0 aromatic heterocycles. The van der Waals surface area contributed by atoms with Crippen LogP contribution in [0.15, 0.2) is 24.3 Å². The Labute approximate surface area is 348 Å². The van der Waals surface area contributed by atoms with Crippen LogP contribution in [0.25, 0.3) is 0 Å². The van der Waals surface area contributed by atoms with Crippen molar-refractivity contribution >= 4 is 11.9 Å². The summed E-state index contributed by atoms with van der Waals surface area (Å²) < 4.78 is 5.45. The summed E-state index contributed by atoms with van der Waals surface area (Å²) in [4.78, 5) is 24.4. The van der Waals surface area contributed by atoms with Crippen molar-refractivity contribution in [3.63, 3.8) is 0 Å². The van der Waals surface area contributed by atoms with Gasteiger partial charge in [-0.3, -0.25) is 9.59 Å². The molecule has 0 spiro atoms. The molecule has 0 aliphatic carbocycles. The number of aliphatic hydroxyl groups excluding tert-OH is 2. The van der Waals surface area contributed by atoms with Gasteiger partial charge in [-0.1, -0.05) is 218 Å². The van der Waals surface area contributed by atoms with Crippen LogP contribution in [0.4, 0.5) is 0 Å². The molecule has 0 aliphatic heterocycles. The summed E-state index contributed by atoms with van der Waals surface area (Å²) in [5.41, 5.74) is 0. The quantitative estimate of drug-likeness (QED) is 0.0324. The number of esters is 1. The highest BCUT2D eigenvalue weighted by molar-refractivity contribution is 5.76. The van der Waals surface area contributed by atoms with E-state index >= 15 is 0 Å². The molecule has 0 saturated heterocycles. The number of unbranched alkanes of at least 4 members (excludes halogenated alkanes) is 30.